The third-order valence-electron chi connectivity index (χ3n) is 15.4. The first kappa shape index (κ1) is 64.2. The molecule has 1 aliphatic carbocycles. The first-order chi connectivity index (χ1) is 39.9. The van der Waals surface area contributed by atoms with Crippen LogP contribution in [0.3, 0.4) is 0 Å². The lowest BCUT2D eigenvalue weighted by atomic mass is 9.81. The molecule has 0 saturated carbocycles. The Kier molecular flexibility index (Phi) is 23.9. The van der Waals surface area contributed by atoms with E-state index in [-0.39, 0.29) is 74.3 Å². The number of pyridine rings is 2. The zero-order valence-corrected chi connectivity index (χ0v) is 48.9. The molecule has 0 radical (unpaired) electrons. The highest BCUT2D eigenvalue weighted by Gasteiger charge is 2.46. The van der Waals surface area contributed by atoms with E-state index in [1.807, 2.05) is 0 Å². The SMILES string of the molecule is CC[C@@]1(O)C(=O)OCc2c1cc1n(c2=O)Cc2c-1nc1cc(F)c(C)c3c1c2[C@@H](NC(=O)Oc1ccc(NC(=O)[C@H](CCCCN)NC(=O)[C@@H](NC(=O)CCOCCOCCOCCCCCOCCOCCC(C)C)C(C)C)cc1)CC3. The minimum Gasteiger partial charge on any atom is -0.458 e. The Labute approximate surface area is 484 Å². The van der Waals surface area contributed by atoms with E-state index in [1.165, 1.54) is 22.8 Å². The fourth-order valence-corrected chi connectivity index (χ4v) is 10.5. The summed E-state index contributed by atoms with van der Waals surface area (Å²) in [6, 6.07) is 6.47. The van der Waals surface area contributed by atoms with Crippen LogP contribution in [0.5, 0.6) is 5.75 Å². The Morgan fingerprint density at radius 3 is 2.13 bits per heavy atom. The standard InChI is InChI=1S/C61H84FN7O14/c1-7-61(76)45-33-50-55-43(35-69(50)58(73)44(45)36-82-59(61)74)53-47(19-18-42-39(6)46(62)34-49(65-55)52(42)53)67-60(75)83-41-16-14-40(15-17-41)64-56(71)48(13-9-10-22-63)66-57(72)54(38(4)5)68-51(70)21-26-80-30-32-81-31-28-78-24-12-8-11-23-77-27-29-79-25-20-37(2)3/h14-17,33-34,37-38,47-48,54,76H,7-13,18-32,35-36,63H2,1-6H3,(H,64,71)(H,66,72)(H,67,75)(H,68,70)/t47-,48-,54-,61-/m0/s1. The summed E-state index contributed by atoms with van der Waals surface area (Å²) in [6.07, 6.45) is 5.40. The van der Waals surface area contributed by atoms with Gasteiger partial charge in [0.15, 0.2) is 5.60 Å². The van der Waals surface area contributed by atoms with Gasteiger partial charge in [-0.15, -0.1) is 0 Å². The van der Waals surface area contributed by atoms with Gasteiger partial charge in [-0.1, -0.05) is 34.6 Å². The average Bonchev–Trinajstić information content (AvgIpc) is 3.86. The Bertz CT molecular complexity index is 2950. The molecule has 0 saturated heterocycles. The van der Waals surface area contributed by atoms with Crippen LogP contribution in [0.4, 0.5) is 14.9 Å². The number of halogens is 1. The van der Waals surface area contributed by atoms with E-state index < -0.39 is 59.0 Å². The monoisotopic (exact) mass is 1160 g/mol. The second kappa shape index (κ2) is 30.9. The van der Waals surface area contributed by atoms with Gasteiger partial charge in [0.2, 0.25) is 17.7 Å². The largest absolute Gasteiger partial charge is 0.458 e. The van der Waals surface area contributed by atoms with Crippen molar-refractivity contribution in [2.75, 3.05) is 77.9 Å². The maximum Gasteiger partial charge on any atom is 0.413 e. The van der Waals surface area contributed by atoms with Crippen molar-refractivity contribution in [1.29, 1.82) is 0 Å². The van der Waals surface area contributed by atoms with E-state index >= 15 is 4.39 Å². The molecule has 0 unspecified atom stereocenters. The molecule has 7 rings (SSSR count). The molecule has 4 aromatic rings. The quantitative estimate of drug-likeness (QED) is 0.0185. The molecule has 4 amide bonds. The predicted molar refractivity (Wildman–Crippen MR) is 308 cm³/mol. The summed E-state index contributed by atoms with van der Waals surface area (Å²) in [4.78, 5) is 86.0. The highest BCUT2D eigenvalue weighted by molar-refractivity contribution is 5.99. The van der Waals surface area contributed by atoms with Crippen LogP contribution < -0.4 is 37.3 Å². The number of rotatable bonds is 34. The number of unbranched alkanes of at least 4 members (excludes halogenated alkanes) is 3. The van der Waals surface area contributed by atoms with Crippen LogP contribution >= 0.6 is 0 Å². The number of fused-ring (bicyclic) bond motifs is 5. The number of cyclic esters (lactones) is 1. The van der Waals surface area contributed by atoms with Crippen molar-refractivity contribution in [2.24, 2.45) is 17.6 Å². The zero-order chi connectivity index (χ0) is 59.6. The summed E-state index contributed by atoms with van der Waals surface area (Å²) in [5.74, 6) is -2.22. The number of aromatic nitrogens is 2. The van der Waals surface area contributed by atoms with Crippen molar-refractivity contribution in [2.45, 2.75) is 149 Å². The summed E-state index contributed by atoms with van der Waals surface area (Å²) in [5.41, 5.74) is 7.47. The first-order valence-corrected chi connectivity index (χ1v) is 29.3. The van der Waals surface area contributed by atoms with E-state index in [4.69, 9.17) is 43.9 Å². The van der Waals surface area contributed by atoms with Gasteiger partial charge >= 0.3 is 12.1 Å². The molecule has 454 valence electrons. The number of hydrogen-bond donors (Lipinski definition) is 6. The van der Waals surface area contributed by atoms with Crippen LogP contribution in [-0.2, 0) is 72.8 Å². The molecule has 7 N–H and O–H groups in total. The Morgan fingerprint density at radius 2 is 1.48 bits per heavy atom. The van der Waals surface area contributed by atoms with E-state index in [0.717, 1.165) is 37.9 Å². The van der Waals surface area contributed by atoms with Crippen molar-refractivity contribution in [1.82, 2.24) is 25.5 Å². The molecular formula is C61H84FN7O14. The van der Waals surface area contributed by atoms with Crippen LogP contribution in [0, 0.1) is 24.6 Å². The van der Waals surface area contributed by atoms with Crippen LogP contribution in [0.2, 0.25) is 0 Å². The lowest BCUT2D eigenvalue weighted by molar-refractivity contribution is -0.172. The summed E-state index contributed by atoms with van der Waals surface area (Å²) in [6.45, 7) is 16.5. The Balaban J connectivity index is 0.864. The number of ether oxygens (including phenoxy) is 7. The summed E-state index contributed by atoms with van der Waals surface area (Å²) in [7, 11) is 0. The topological polar surface area (TPSA) is 279 Å². The van der Waals surface area contributed by atoms with Gasteiger partial charge in [-0.25, -0.2) is 19.0 Å². The van der Waals surface area contributed by atoms with E-state index in [9.17, 15) is 33.9 Å². The zero-order valence-electron chi connectivity index (χ0n) is 48.9. The summed E-state index contributed by atoms with van der Waals surface area (Å²) < 4.78 is 56.0. The van der Waals surface area contributed by atoms with Crippen LogP contribution in [0.15, 0.2) is 41.2 Å². The van der Waals surface area contributed by atoms with Gasteiger partial charge in [0.1, 0.15) is 30.3 Å². The van der Waals surface area contributed by atoms with Crippen LogP contribution in [0.25, 0.3) is 22.3 Å². The number of hydrogen-bond acceptors (Lipinski definition) is 16. The number of aliphatic hydroxyl groups is 1. The molecule has 83 heavy (non-hydrogen) atoms. The smallest absolute Gasteiger partial charge is 0.413 e. The number of anilines is 1. The Morgan fingerprint density at radius 1 is 0.819 bits per heavy atom. The number of nitrogens with zero attached hydrogens (tertiary/aromatic N) is 2. The van der Waals surface area contributed by atoms with Gasteiger partial charge in [0, 0.05) is 54.5 Å². The van der Waals surface area contributed by atoms with Gasteiger partial charge in [-0.05, 0) is 137 Å². The van der Waals surface area contributed by atoms with Gasteiger partial charge < -0.3 is 69.8 Å². The fraction of sp³-hybridized carbons (Fsp3) is 0.590. The highest BCUT2D eigenvalue weighted by Crippen LogP contribution is 2.46. The average molecular weight is 1160 g/mol. The number of nitrogens with one attached hydrogen (secondary N) is 4. The highest BCUT2D eigenvalue weighted by atomic mass is 19.1. The maximum absolute atomic E-state index is 15.5. The maximum atomic E-state index is 15.5. The van der Waals surface area contributed by atoms with E-state index in [1.54, 1.807) is 45.9 Å². The van der Waals surface area contributed by atoms with Crippen molar-refractivity contribution < 1.29 is 66.6 Å². The number of aryl methyl sites for hydroxylation is 1. The van der Waals surface area contributed by atoms with E-state index in [0.29, 0.717) is 129 Å². The molecular weight excluding hydrogens is 1070 g/mol. The number of nitrogens with two attached hydrogens (primary N) is 1. The molecule has 3 aliphatic rings. The lowest BCUT2D eigenvalue weighted by Crippen LogP contribution is -2.54. The first-order valence-electron chi connectivity index (χ1n) is 29.3. The number of carbonyl (C=O) groups is 5. The molecule has 0 bridgehead atoms. The third kappa shape index (κ3) is 16.7. The number of esters is 1. The van der Waals surface area contributed by atoms with Crippen LogP contribution in [-0.4, -0.2) is 129 Å². The molecule has 2 aromatic heterocycles. The summed E-state index contributed by atoms with van der Waals surface area (Å²) >= 11 is 0. The minimum absolute atomic E-state index is 0.0143. The third-order valence-corrected chi connectivity index (χ3v) is 15.4. The predicted octanol–water partition coefficient (Wildman–Crippen LogP) is 6.69. The molecule has 2 aromatic carbocycles. The van der Waals surface area contributed by atoms with Gasteiger partial charge in [0.25, 0.3) is 5.56 Å². The summed E-state index contributed by atoms with van der Waals surface area (Å²) in [5, 5.41) is 23.5. The van der Waals surface area contributed by atoms with Crippen molar-refractivity contribution in [3.8, 4) is 17.1 Å². The molecule has 4 atom stereocenters. The molecule has 21 nitrogen and oxygen atoms in total. The molecule has 4 heterocycles. The number of amides is 4. The van der Waals surface area contributed by atoms with E-state index in [2.05, 4.69) is 35.1 Å². The number of benzene rings is 2. The van der Waals surface area contributed by atoms with Crippen molar-refractivity contribution in [3.63, 3.8) is 0 Å². The van der Waals surface area contributed by atoms with Gasteiger partial charge in [0.05, 0.1) is 81.3 Å². The minimum atomic E-state index is -2.04. The second-order valence-electron chi connectivity index (χ2n) is 22.1. The fourth-order valence-electron chi connectivity index (χ4n) is 10.5. The molecule has 0 fully saturated rings. The van der Waals surface area contributed by atoms with Gasteiger partial charge in [-0.2, -0.15) is 0 Å². The second-order valence-corrected chi connectivity index (χ2v) is 22.1. The van der Waals surface area contributed by atoms with Crippen LogP contribution in [0.1, 0.15) is 138 Å². The normalized spacial score (nSPS) is 16.7. The van der Waals surface area contributed by atoms with Crippen molar-refractivity contribution >= 4 is 46.4 Å². The molecule has 0 spiro atoms. The number of carbonyl (C=O) groups excluding carboxylic acids is 5. The van der Waals surface area contributed by atoms with Crippen molar-refractivity contribution in [3.05, 3.63) is 85.9 Å². The lowest BCUT2D eigenvalue weighted by Gasteiger charge is -2.31. The molecule has 2 aliphatic heterocycles. The van der Waals surface area contributed by atoms with Gasteiger partial charge in [-0.3, -0.25) is 19.2 Å². The Hall–Kier alpha value is -6.40. The molecule has 22 heteroatoms.